The van der Waals surface area contributed by atoms with Crippen LogP contribution >= 0.6 is 11.6 Å². The molecule has 4 aromatic rings. The van der Waals surface area contributed by atoms with Crippen LogP contribution in [0, 0.1) is 0 Å². The number of nitrogens with two attached hydrogens (primary N) is 1. The van der Waals surface area contributed by atoms with Crippen molar-refractivity contribution in [2.24, 2.45) is 5.73 Å². The number of hydrogen-bond acceptors (Lipinski definition) is 4. The molecular formula is C20H18ClN5. The third-order valence-corrected chi connectivity index (χ3v) is 4.43. The van der Waals surface area contributed by atoms with E-state index >= 15 is 0 Å². The summed E-state index contributed by atoms with van der Waals surface area (Å²) in [4.78, 5) is 8.99. The lowest BCUT2D eigenvalue weighted by Gasteiger charge is -2.09. The van der Waals surface area contributed by atoms with E-state index in [-0.39, 0.29) is 0 Å². The fourth-order valence-electron chi connectivity index (χ4n) is 3.05. The van der Waals surface area contributed by atoms with Gasteiger partial charge in [0.15, 0.2) is 0 Å². The van der Waals surface area contributed by atoms with E-state index in [1.54, 1.807) is 6.20 Å². The van der Waals surface area contributed by atoms with Crippen molar-refractivity contribution in [1.29, 1.82) is 0 Å². The first-order valence-corrected chi connectivity index (χ1v) is 8.76. The predicted octanol–water partition coefficient (Wildman–Crippen LogP) is 4.45. The van der Waals surface area contributed by atoms with Crippen molar-refractivity contribution >= 4 is 34.1 Å². The second-order valence-corrected chi connectivity index (χ2v) is 6.37. The van der Waals surface area contributed by atoms with Crippen molar-refractivity contribution in [2.75, 3.05) is 11.9 Å². The predicted molar refractivity (Wildman–Crippen MR) is 107 cm³/mol. The fourth-order valence-corrected chi connectivity index (χ4v) is 3.24. The summed E-state index contributed by atoms with van der Waals surface area (Å²) in [5, 5.41) is 5.01. The molecule has 0 radical (unpaired) electrons. The largest absolute Gasteiger partial charge is 0.346 e. The van der Waals surface area contributed by atoms with Gasteiger partial charge in [0.05, 0.1) is 5.69 Å². The normalized spacial score (nSPS) is 11.0. The van der Waals surface area contributed by atoms with Crippen molar-refractivity contribution in [2.45, 2.75) is 6.54 Å². The van der Waals surface area contributed by atoms with E-state index in [0.29, 0.717) is 17.5 Å². The summed E-state index contributed by atoms with van der Waals surface area (Å²) in [6, 6.07) is 17.7. The fraction of sp³-hybridized carbons (Fsp3) is 0.100. The standard InChI is InChI=1S/C20H18ClN5/c21-14-3-1-4-15(13-14)24-20-23-10-7-18(25-20)16-5-2-6-19-17(16)8-11-26(19)12-9-22/h1-8,10-11,13H,9,12,22H2,(H,23,24,25). The SMILES string of the molecule is NCCn1ccc2c(-c3ccnc(Nc4cccc(Cl)c4)n3)cccc21. The van der Waals surface area contributed by atoms with Crippen LogP contribution in [0.15, 0.2) is 67.0 Å². The molecule has 6 heteroatoms. The molecule has 0 amide bonds. The number of benzene rings is 2. The molecule has 0 aliphatic heterocycles. The topological polar surface area (TPSA) is 68.8 Å². The van der Waals surface area contributed by atoms with Gasteiger partial charge in [0.1, 0.15) is 0 Å². The van der Waals surface area contributed by atoms with Gasteiger partial charge in [-0.25, -0.2) is 9.97 Å². The number of hydrogen-bond donors (Lipinski definition) is 2. The molecule has 0 saturated heterocycles. The highest BCUT2D eigenvalue weighted by atomic mass is 35.5. The van der Waals surface area contributed by atoms with Gasteiger partial charge in [0.25, 0.3) is 0 Å². The van der Waals surface area contributed by atoms with E-state index in [9.17, 15) is 0 Å². The van der Waals surface area contributed by atoms with Gasteiger partial charge in [0, 0.05) is 52.7 Å². The number of anilines is 2. The van der Waals surface area contributed by atoms with Gasteiger partial charge < -0.3 is 15.6 Å². The highest BCUT2D eigenvalue weighted by Crippen LogP contribution is 2.29. The Hall–Kier alpha value is -2.89. The number of rotatable bonds is 5. The van der Waals surface area contributed by atoms with E-state index in [0.717, 1.165) is 34.4 Å². The Kier molecular flexibility index (Phi) is 4.56. The number of nitrogens with zero attached hydrogens (tertiary/aromatic N) is 3. The summed E-state index contributed by atoms with van der Waals surface area (Å²) in [6.07, 6.45) is 3.82. The van der Waals surface area contributed by atoms with Crippen LogP contribution in [0.4, 0.5) is 11.6 Å². The van der Waals surface area contributed by atoms with Crippen LogP contribution in [0.25, 0.3) is 22.2 Å². The van der Waals surface area contributed by atoms with E-state index in [1.165, 1.54) is 0 Å². The number of aromatic nitrogens is 3. The number of halogens is 1. The Morgan fingerprint density at radius 1 is 1.08 bits per heavy atom. The summed E-state index contributed by atoms with van der Waals surface area (Å²) in [7, 11) is 0. The molecule has 5 nitrogen and oxygen atoms in total. The zero-order valence-corrected chi connectivity index (χ0v) is 14.8. The maximum Gasteiger partial charge on any atom is 0.227 e. The van der Waals surface area contributed by atoms with Crippen LogP contribution in [0.3, 0.4) is 0 Å². The van der Waals surface area contributed by atoms with Gasteiger partial charge in [-0.2, -0.15) is 0 Å². The zero-order chi connectivity index (χ0) is 17.9. The molecule has 0 spiro atoms. The lowest BCUT2D eigenvalue weighted by atomic mass is 10.1. The maximum atomic E-state index is 6.04. The minimum absolute atomic E-state index is 0.531. The molecule has 2 aromatic heterocycles. The summed E-state index contributed by atoms with van der Waals surface area (Å²) < 4.78 is 2.16. The summed E-state index contributed by atoms with van der Waals surface area (Å²) in [5.41, 5.74) is 9.63. The molecule has 3 N–H and O–H groups in total. The van der Waals surface area contributed by atoms with Gasteiger partial charge in [-0.05, 0) is 36.4 Å². The van der Waals surface area contributed by atoms with Crippen LogP contribution in [-0.2, 0) is 6.54 Å². The molecule has 2 heterocycles. The third kappa shape index (κ3) is 3.27. The first-order valence-electron chi connectivity index (χ1n) is 8.38. The first-order chi connectivity index (χ1) is 12.7. The molecule has 0 atom stereocenters. The molecule has 0 fully saturated rings. The average molecular weight is 364 g/mol. The van der Waals surface area contributed by atoms with E-state index in [4.69, 9.17) is 17.3 Å². The molecular weight excluding hydrogens is 346 g/mol. The van der Waals surface area contributed by atoms with Gasteiger partial charge in [-0.3, -0.25) is 0 Å². The maximum absolute atomic E-state index is 6.04. The summed E-state index contributed by atoms with van der Waals surface area (Å²) >= 11 is 6.04. The Labute approximate surface area is 156 Å². The molecule has 0 unspecified atom stereocenters. The van der Waals surface area contributed by atoms with Crippen molar-refractivity contribution in [1.82, 2.24) is 14.5 Å². The average Bonchev–Trinajstić information content (AvgIpc) is 3.05. The quantitative estimate of drug-likeness (QED) is 0.549. The van der Waals surface area contributed by atoms with E-state index < -0.39 is 0 Å². The smallest absolute Gasteiger partial charge is 0.227 e. The zero-order valence-electron chi connectivity index (χ0n) is 14.1. The third-order valence-electron chi connectivity index (χ3n) is 4.20. The van der Waals surface area contributed by atoms with Crippen molar-refractivity contribution in [3.63, 3.8) is 0 Å². The van der Waals surface area contributed by atoms with Gasteiger partial charge in [0.2, 0.25) is 5.95 Å². The molecule has 0 bridgehead atoms. The minimum Gasteiger partial charge on any atom is -0.346 e. The Morgan fingerprint density at radius 2 is 1.96 bits per heavy atom. The lowest BCUT2D eigenvalue weighted by Crippen LogP contribution is -2.08. The lowest BCUT2D eigenvalue weighted by molar-refractivity contribution is 0.735. The Morgan fingerprint density at radius 3 is 2.81 bits per heavy atom. The Balaban J connectivity index is 1.71. The molecule has 0 saturated carbocycles. The Bertz CT molecular complexity index is 1060. The minimum atomic E-state index is 0.531. The van der Waals surface area contributed by atoms with E-state index in [2.05, 4.69) is 44.2 Å². The second-order valence-electron chi connectivity index (χ2n) is 5.94. The number of fused-ring (bicyclic) bond motifs is 1. The van der Waals surface area contributed by atoms with Crippen LogP contribution in [0.2, 0.25) is 5.02 Å². The first kappa shape index (κ1) is 16.6. The second kappa shape index (κ2) is 7.15. The van der Waals surface area contributed by atoms with Crippen molar-refractivity contribution < 1.29 is 0 Å². The van der Waals surface area contributed by atoms with Crippen LogP contribution in [0.1, 0.15) is 0 Å². The molecule has 0 aliphatic rings. The molecule has 0 aliphatic carbocycles. The highest BCUT2D eigenvalue weighted by Gasteiger charge is 2.09. The molecule has 2 aromatic carbocycles. The van der Waals surface area contributed by atoms with Crippen LogP contribution < -0.4 is 11.1 Å². The number of nitrogens with one attached hydrogen (secondary N) is 1. The molecule has 4 rings (SSSR count). The van der Waals surface area contributed by atoms with Crippen molar-refractivity contribution in [3.8, 4) is 11.3 Å². The van der Waals surface area contributed by atoms with Gasteiger partial charge in [-0.15, -0.1) is 0 Å². The monoisotopic (exact) mass is 363 g/mol. The van der Waals surface area contributed by atoms with Gasteiger partial charge in [-0.1, -0.05) is 29.8 Å². The summed E-state index contributed by atoms with van der Waals surface area (Å²) in [6.45, 7) is 1.40. The van der Waals surface area contributed by atoms with Crippen LogP contribution in [-0.4, -0.2) is 21.1 Å². The van der Waals surface area contributed by atoms with Gasteiger partial charge >= 0.3 is 0 Å². The highest BCUT2D eigenvalue weighted by molar-refractivity contribution is 6.30. The molecule has 26 heavy (non-hydrogen) atoms. The van der Waals surface area contributed by atoms with Crippen LogP contribution in [0.5, 0.6) is 0 Å². The summed E-state index contributed by atoms with van der Waals surface area (Å²) in [5.74, 6) is 0.531. The molecule has 130 valence electrons. The van der Waals surface area contributed by atoms with E-state index in [1.807, 2.05) is 36.4 Å². The van der Waals surface area contributed by atoms with Crippen molar-refractivity contribution in [3.05, 3.63) is 72.0 Å².